The molecule has 0 radical (unpaired) electrons. The fraction of sp³-hybridized carbons (Fsp3) is 0.500. The first-order valence-corrected chi connectivity index (χ1v) is 6.19. The summed E-state index contributed by atoms with van der Waals surface area (Å²) in [4.78, 5) is 13.8. The van der Waals surface area contributed by atoms with Crippen LogP contribution in [0.5, 0.6) is 5.75 Å². The molecule has 1 rings (SSSR count). The summed E-state index contributed by atoms with van der Waals surface area (Å²) in [5, 5.41) is 9.38. The van der Waals surface area contributed by atoms with Gasteiger partial charge in [0.15, 0.2) is 0 Å². The van der Waals surface area contributed by atoms with Crippen molar-refractivity contribution in [3.8, 4) is 5.75 Å². The molecule has 0 aromatic heterocycles. The highest BCUT2D eigenvalue weighted by atomic mass is 16.3. The smallest absolute Gasteiger partial charge is 0.242 e. The number of rotatable bonds is 5. The van der Waals surface area contributed by atoms with Gasteiger partial charge in [0.25, 0.3) is 0 Å². The molecule has 0 bridgehead atoms. The number of amides is 1. The van der Waals surface area contributed by atoms with Crippen LogP contribution in [0, 0.1) is 0 Å². The number of aromatic hydroxyl groups is 1. The fourth-order valence-corrected chi connectivity index (χ4v) is 2.06. The van der Waals surface area contributed by atoms with E-state index in [2.05, 4.69) is 0 Å². The Hall–Kier alpha value is -1.55. The molecular formula is C14H22N2O2. The summed E-state index contributed by atoms with van der Waals surface area (Å²) >= 11 is 0. The third kappa shape index (κ3) is 3.74. The van der Waals surface area contributed by atoms with E-state index < -0.39 is 5.54 Å². The number of hydrogen-bond acceptors (Lipinski definition) is 3. The molecule has 100 valence electrons. The Morgan fingerprint density at radius 1 is 1.50 bits per heavy atom. The number of nitrogens with zero attached hydrogens (tertiary/aromatic N) is 1. The minimum Gasteiger partial charge on any atom is -0.508 e. The zero-order valence-corrected chi connectivity index (χ0v) is 11.3. The molecule has 0 saturated heterocycles. The second-order valence-electron chi connectivity index (χ2n) is 5.00. The van der Waals surface area contributed by atoms with E-state index in [1.54, 1.807) is 37.1 Å². The molecule has 0 saturated carbocycles. The number of nitrogens with two attached hydrogens (primary N) is 1. The number of carbonyl (C=O) groups is 1. The van der Waals surface area contributed by atoms with E-state index >= 15 is 0 Å². The second-order valence-corrected chi connectivity index (χ2v) is 5.00. The molecule has 1 unspecified atom stereocenters. The predicted octanol–water partition coefficient (Wildman–Crippen LogP) is 1.87. The quantitative estimate of drug-likeness (QED) is 0.838. The number of phenols is 1. The molecule has 0 aliphatic carbocycles. The van der Waals surface area contributed by atoms with Gasteiger partial charge in [-0.25, -0.2) is 0 Å². The molecule has 1 amide bonds. The third-order valence-corrected chi connectivity index (χ3v) is 2.93. The van der Waals surface area contributed by atoms with Gasteiger partial charge in [0, 0.05) is 13.6 Å². The van der Waals surface area contributed by atoms with E-state index in [-0.39, 0.29) is 11.7 Å². The number of hydrogen-bond donors (Lipinski definition) is 2. The number of likely N-dealkylation sites (N-methyl/N-ethyl adjacent to an activating group) is 1. The van der Waals surface area contributed by atoms with Gasteiger partial charge >= 0.3 is 0 Å². The van der Waals surface area contributed by atoms with Crippen LogP contribution in [0.1, 0.15) is 32.3 Å². The summed E-state index contributed by atoms with van der Waals surface area (Å²) in [5.74, 6) is 0.130. The van der Waals surface area contributed by atoms with Crippen molar-refractivity contribution < 1.29 is 9.90 Å². The van der Waals surface area contributed by atoms with Crippen molar-refractivity contribution in [3.63, 3.8) is 0 Å². The molecular weight excluding hydrogens is 228 g/mol. The Labute approximate surface area is 108 Å². The van der Waals surface area contributed by atoms with Crippen molar-refractivity contribution in [1.82, 2.24) is 4.90 Å². The molecule has 0 aliphatic rings. The molecule has 4 heteroatoms. The first-order valence-electron chi connectivity index (χ1n) is 6.19. The predicted molar refractivity (Wildman–Crippen MR) is 72.1 cm³/mol. The van der Waals surface area contributed by atoms with Crippen molar-refractivity contribution in [3.05, 3.63) is 29.8 Å². The summed E-state index contributed by atoms with van der Waals surface area (Å²) in [6.07, 6.45) is 1.54. The molecule has 0 aliphatic heterocycles. The Morgan fingerprint density at radius 2 is 2.17 bits per heavy atom. The maximum absolute atomic E-state index is 12.2. The van der Waals surface area contributed by atoms with Gasteiger partial charge in [-0.05, 0) is 31.0 Å². The minimum absolute atomic E-state index is 0.0762. The fourth-order valence-electron chi connectivity index (χ4n) is 2.06. The SMILES string of the molecule is CCCC(C)(N)C(=O)N(C)Cc1cccc(O)c1. The van der Waals surface area contributed by atoms with Crippen LogP contribution in [0.2, 0.25) is 0 Å². The maximum atomic E-state index is 12.2. The average Bonchev–Trinajstić information content (AvgIpc) is 2.27. The van der Waals surface area contributed by atoms with Crippen LogP contribution in [-0.4, -0.2) is 28.5 Å². The van der Waals surface area contributed by atoms with Crippen LogP contribution in [0.4, 0.5) is 0 Å². The Bertz CT molecular complexity index is 416. The lowest BCUT2D eigenvalue weighted by molar-refractivity contribution is -0.135. The van der Waals surface area contributed by atoms with Crippen LogP contribution < -0.4 is 5.73 Å². The highest BCUT2D eigenvalue weighted by Crippen LogP contribution is 2.16. The van der Waals surface area contributed by atoms with Gasteiger partial charge in [0.05, 0.1) is 5.54 Å². The molecule has 1 aromatic rings. The maximum Gasteiger partial charge on any atom is 0.242 e. The van der Waals surface area contributed by atoms with Gasteiger partial charge in [0.1, 0.15) is 5.75 Å². The van der Waals surface area contributed by atoms with Gasteiger partial charge in [-0.15, -0.1) is 0 Å². The Balaban J connectivity index is 2.71. The van der Waals surface area contributed by atoms with E-state index in [1.807, 2.05) is 13.0 Å². The Kier molecular flexibility index (Phi) is 4.73. The van der Waals surface area contributed by atoms with Gasteiger partial charge in [0.2, 0.25) is 5.91 Å². The van der Waals surface area contributed by atoms with Crippen molar-refractivity contribution in [2.45, 2.75) is 38.8 Å². The van der Waals surface area contributed by atoms with Crippen LogP contribution >= 0.6 is 0 Å². The van der Waals surface area contributed by atoms with Crippen molar-refractivity contribution in [2.75, 3.05) is 7.05 Å². The molecule has 0 heterocycles. The lowest BCUT2D eigenvalue weighted by Crippen LogP contribution is -2.51. The molecule has 18 heavy (non-hydrogen) atoms. The van der Waals surface area contributed by atoms with E-state index in [9.17, 15) is 9.90 Å². The normalized spacial score (nSPS) is 14.0. The van der Waals surface area contributed by atoms with Crippen LogP contribution in [0.3, 0.4) is 0 Å². The standard InChI is InChI=1S/C14H22N2O2/c1-4-8-14(2,15)13(18)16(3)10-11-6-5-7-12(17)9-11/h5-7,9,17H,4,8,10,15H2,1-3H3. The number of phenolic OH excluding ortho intramolecular Hbond substituents is 1. The lowest BCUT2D eigenvalue weighted by atomic mass is 9.96. The summed E-state index contributed by atoms with van der Waals surface area (Å²) in [6, 6.07) is 6.89. The lowest BCUT2D eigenvalue weighted by Gasteiger charge is -2.29. The Morgan fingerprint density at radius 3 is 2.72 bits per heavy atom. The summed E-state index contributed by atoms with van der Waals surface area (Å²) in [5.41, 5.74) is 6.08. The van der Waals surface area contributed by atoms with Crippen molar-refractivity contribution >= 4 is 5.91 Å². The van der Waals surface area contributed by atoms with Crippen LogP contribution in [0.15, 0.2) is 24.3 Å². The van der Waals surface area contributed by atoms with Gasteiger partial charge in [-0.1, -0.05) is 25.5 Å². The number of benzene rings is 1. The van der Waals surface area contributed by atoms with Crippen molar-refractivity contribution in [1.29, 1.82) is 0 Å². The first-order chi connectivity index (χ1) is 8.36. The highest BCUT2D eigenvalue weighted by Gasteiger charge is 2.29. The van der Waals surface area contributed by atoms with E-state index in [0.717, 1.165) is 12.0 Å². The summed E-state index contributed by atoms with van der Waals surface area (Å²) < 4.78 is 0. The van der Waals surface area contributed by atoms with Crippen LogP contribution in [-0.2, 0) is 11.3 Å². The minimum atomic E-state index is -0.819. The molecule has 3 N–H and O–H groups in total. The summed E-state index contributed by atoms with van der Waals surface area (Å²) in [6.45, 7) is 4.22. The highest BCUT2D eigenvalue weighted by molar-refractivity contribution is 5.85. The van der Waals surface area contributed by atoms with Gasteiger partial charge in [-0.2, -0.15) is 0 Å². The molecule has 4 nitrogen and oxygen atoms in total. The third-order valence-electron chi connectivity index (χ3n) is 2.93. The zero-order chi connectivity index (χ0) is 13.8. The molecule has 1 aromatic carbocycles. The van der Waals surface area contributed by atoms with Gasteiger partial charge < -0.3 is 15.7 Å². The number of carbonyl (C=O) groups excluding carboxylic acids is 1. The topological polar surface area (TPSA) is 66.6 Å². The van der Waals surface area contributed by atoms with E-state index in [4.69, 9.17) is 5.73 Å². The average molecular weight is 250 g/mol. The van der Waals surface area contributed by atoms with E-state index in [1.165, 1.54) is 0 Å². The zero-order valence-electron chi connectivity index (χ0n) is 11.3. The van der Waals surface area contributed by atoms with Crippen molar-refractivity contribution in [2.24, 2.45) is 5.73 Å². The second kappa shape index (κ2) is 5.87. The molecule has 0 spiro atoms. The van der Waals surface area contributed by atoms with Gasteiger partial charge in [-0.3, -0.25) is 4.79 Å². The largest absolute Gasteiger partial charge is 0.508 e. The van der Waals surface area contributed by atoms with E-state index in [0.29, 0.717) is 13.0 Å². The van der Waals surface area contributed by atoms with Crippen LogP contribution in [0.25, 0.3) is 0 Å². The summed E-state index contributed by atoms with van der Waals surface area (Å²) in [7, 11) is 1.73. The first kappa shape index (κ1) is 14.5. The molecule has 1 atom stereocenters. The monoisotopic (exact) mass is 250 g/mol. The molecule has 0 fully saturated rings.